The number of halogens is 1. The van der Waals surface area contributed by atoms with Crippen molar-refractivity contribution in [3.8, 4) is 5.75 Å². The van der Waals surface area contributed by atoms with E-state index in [4.69, 9.17) is 0 Å². The lowest BCUT2D eigenvalue weighted by Gasteiger charge is -2.20. The smallest absolute Gasteiger partial charge is 0.120 e. The average Bonchev–Trinajstić information content (AvgIpc) is 2.70. The molecule has 1 atom stereocenters. The molecule has 0 bridgehead atoms. The molecule has 1 heterocycles. The molecule has 4 nitrogen and oxygen atoms in total. The maximum absolute atomic E-state index is 10.0. The Kier molecular flexibility index (Phi) is 4.14. The Morgan fingerprint density at radius 2 is 2.16 bits per heavy atom. The summed E-state index contributed by atoms with van der Waals surface area (Å²) >= 11 is 3.44. The summed E-state index contributed by atoms with van der Waals surface area (Å²) in [4.78, 5) is 0. The topological polar surface area (TPSA) is 60.9 Å². The molecule has 0 amide bonds. The molecule has 1 aromatic carbocycles. The minimum Gasteiger partial charge on any atom is -0.508 e. The summed E-state index contributed by atoms with van der Waals surface area (Å²) in [5, 5.41) is 20.6. The number of rotatable bonds is 4. The first-order valence-corrected chi connectivity index (χ1v) is 7.08. The van der Waals surface area contributed by atoms with Crippen molar-refractivity contribution in [2.24, 2.45) is 0 Å². The monoisotopic (exact) mass is 323 g/mol. The third-order valence-electron chi connectivity index (χ3n) is 3.22. The van der Waals surface area contributed by atoms with Crippen molar-refractivity contribution >= 4 is 21.6 Å². The summed E-state index contributed by atoms with van der Waals surface area (Å²) in [5.74, 6) is 0.307. The van der Waals surface area contributed by atoms with Crippen molar-refractivity contribution < 1.29 is 5.11 Å². The van der Waals surface area contributed by atoms with Gasteiger partial charge in [-0.05, 0) is 38.5 Å². The first kappa shape index (κ1) is 13.9. The Balaban J connectivity index is 2.33. The van der Waals surface area contributed by atoms with Crippen LogP contribution < -0.4 is 5.32 Å². The van der Waals surface area contributed by atoms with Crippen LogP contribution in [0.15, 0.2) is 22.7 Å². The van der Waals surface area contributed by atoms with E-state index in [0.29, 0.717) is 5.75 Å². The molecule has 0 aliphatic carbocycles. The van der Waals surface area contributed by atoms with Crippen LogP contribution in [-0.2, 0) is 0 Å². The van der Waals surface area contributed by atoms with Gasteiger partial charge in [0.25, 0.3) is 0 Å². The van der Waals surface area contributed by atoms with Crippen LogP contribution >= 0.6 is 15.9 Å². The first-order chi connectivity index (χ1) is 9.02. The van der Waals surface area contributed by atoms with Crippen molar-refractivity contribution in [1.82, 2.24) is 10.2 Å². The molecule has 2 aromatic rings. The van der Waals surface area contributed by atoms with E-state index in [1.165, 1.54) is 0 Å². The zero-order valence-corrected chi connectivity index (χ0v) is 12.9. The van der Waals surface area contributed by atoms with Crippen molar-refractivity contribution in [2.45, 2.75) is 33.2 Å². The van der Waals surface area contributed by atoms with Crippen molar-refractivity contribution in [2.75, 3.05) is 5.32 Å². The van der Waals surface area contributed by atoms with Crippen LogP contribution in [0.3, 0.4) is 0 Å². The molecule has 0 aliphatic heterocycles. The molecular formula is C14H18BrN3O. The maximum Gasteiger partial charge on any atom is 0.120 e. The van der Waals surface area contributed by atoms with Gasteiger partial charge < -0.3 is 10.4 Å². The molecule has 3 N–H and O–H groups in total. The fourth-order valence-electron chi connectivity index (χ4n) is 2.14. The number of nitrogens with one attached hydrogen (secondary N) is 2. The van der Waals surface area contributed by atoms with E-state index >= 15 is 0 Å². The molecule has 0 saturated heterocycles. The molecule has 0 spiro atoms. The van der Waals surface area contributed by atoms with Gasteiger partial charge in [0, 0.05) is 10.0 Å². The van der Waals surface area contributed by atoms with Gasteiger partial charge in [0.2, 0.25) is 0 Å². The van der Waals surface area contributed by atoms with E-state index in [2.05, 4.69) is 38.4 Å². The molecule has 5 heteroatoms. The van der Waals surface area contributed by atoms with Crippen LogP contribution in [0.4, 0.5) is 5.69 Å². The number of H-pyrrole nitrogens is 1. The molecule has 0 saturated carbocycles. The van der Waals surface area contributed by atoms with Gasteiger partial charge in [-0.1, -0.05) is 22.9 Å². The van der Waals surface area contributed by atoms with Gasteiger partial charge in [-0.25, -0.2) is 0 Å². The van der Waals surface area contributed by atoms with Crippen LogP contribution in [0, 0.1) is 13.8 Å². The lowest BCUT2D eigenvalue weighted by Crippen LogP contribution is -2.11. The Hall–Kier alpha value is -1.49. The van der Waals surface area contributed by atoms with Crippen molar-refractivity contribution in [3.05, 3.63) is 39.6 Å². The number of anilines is 1. The Morgan fingerprint density at radius 1 is 1.42 bits per heavy atom. The van der Waals surface area contributed by atoms with Gasteiger partial charge in [-0.2, -0.15) is 5.10 Å². The minimum atomic E-state index is 0.0486. The minimum absolute atomic E-state index is 0.0486. The van der Waals surface area contributed by atoms with Gasteiger partial charge in [0.05, 0.1) is 23.1 Å². The highest BCUT2D eigenvalue weighted by atomic mass is 79.9. The first-order valence-electron chi connectivity index (χ1n) is 6.29. The van der Waals surface area contributed by atoms with Gasteiger partial charge in [-0.3, -0.25) is 5.10 Å². The van der Waals surface area contributed by atoms with Crippen LogP contribution in [0.25, 0.3) is 0 Å². The molecule has 1 unspecified atom stereocenters. The summed E-state index contributed by atoms with van der Waals surface area (Å²) in [5.41, 5.74) is 3.83. The summed E-state index contributed by atoms with van der Waals surface area (Å²) in [6.45, 7) is 6.03. The summed E-state index contributed by atoms with van der Waals surface area (Å²) in [6.07, 6.45) is 0.869. The van der Waals surface area contributed by atoms with Crippen molar-refractivity contribution in [1.29, 1.82) is 0 Å². The average molecular weight is 324 g/mol. The van der Waals surface area contributed by atoms with Gasteiger partial charge in [0.15, 0.2) is 0 Å². The molecule has 19 heavy (non-hydrogen) atoms. The number of benzene rings is 1. The number of aromatic nitrogens is 2. The number of aromatic hydroxyl groups is 1. The lowest BCUT2D eigenvalue weighted by atomic mass is 10.0. The fraction of sp³-hybridized carbons (Fsp3) is 0.357. The SMILES string of the molecule is CCC(Nc1c(C)n[nH]c1C)c1cc(Br)ccc1O. The van der Waals surface area contributed by atoms with Crippen LogP contribution in [0.2, 0.25) is 0 Å². The second-order valence-corrected chi connectivity index (χ2v) is 5.53. The predicted octanol–water partition coefficient (Wildman–Crippen LogP) is 4.06. The Bertz CT molecular complexity index is 561. The zero-order chi connectivity index (χ0) is 14.0. The zero-order valence-electron chi connectivity index (χ0n) is 11.3. The molecule has 2 rings (SSSR count). The summed E-state index contributed by atoms with van der Waals surface area (Å²) in [6, 6.07) is 5.53. The van der Waals surface area contributed by atoms with Crippen LogP contribution in [-0.4, -0.2) is 15.3 Å². The van der Waals surface area contributed by atoms with E-state index in [0.717, 1.165) is 33.5 Å². The number of nitrogens with zero attached hydrogens (tertiary/aromatic N) is 1. The molecule has 0 aliphatic rings. The normalized spacial score (nSPS) is 12.4. The number of phenols is 1. The quantitative estimate of drug-likeness (QED) is 0.795. The van der Waals surface area contributed by atoms with Gasteiger partial charge in [-0.15, -0.1) is 0 Å². The van der Waals surface area contributed by atoms with Crippen molar-refractivity contribution in [3.63, 3.8) is 0 Å². The number of aryl methyl sites for hydroxylation is 2. The predicted molar refractivity (Wildman–Crippen MR) is 80.5 cm³/mol. The molecule has 1 aromatic heterocycles. The van der Waals surface area contributed by atoms with Crippen LogP contribution in [0.1, 0.15) is 36.3 Å². The third-order valence-corrected chi connectivity index (χ3v) is 3.71. The second kappa shape index (κ2) is 5.65. The summed E-state index contributed by atoms with van der Waals surface area (Å²) in [7, 11) is 0. The highest BCUT2D eigenvalue weighted by Crippen LogP contribution is 2.33. The van der Waals surface area contributed by atoms with E-state index in [1.807, 2.05) is 26.0 Å². The third kappa shape index (κ3) is 2.92. The highest BCUT2D eigenvalue weighted by molar-refractivity contribution is 9.10. The molecule has 102 valence electrons. The standard InChI is InChI=1S/C14H18BrN3O/c1-4-12(11-7-10(15)5-6-13(11)19)16-14-8(2)17-18-9(14)3/h5-7,12,16,19H,4H2,1-3H3,(H,17,18). The molecule has 0 fully saturated rings. The van der Waals surface area contributed by atoms with E-state index in [9.17, 15) is 5.11 Å². The lowest BCUT2D eigenvalue weighted by molar-refractivity contribution is 0.462. The maximum atomic E-state index is 10.0. The Labute approximate surface area is 121 Å². The summed E-state index contributed by atoms with van der Waals surface area (Å²) < 4.78 is 0.959. The second-order valence-electron chi connectivity index (χ2n) is 4.62. The van der Waals surface area contributed by atoms with Gasteiger partial charge >= 0.3 is 0 Å². The van der Waals surface area contributed by atoms with E-state index in [1.54, 1.807) is 6.07 Å². The highest BCUT2D eigenvalue weighted by Gasteiger charge is 2.17. The molecule has 0 radical (unpaired) electrons. The number of hydrogen-bond acceptors (Lipinski definition) is 3. The fourth-order valence-corrected chi connectivity index (χ4v) is 2.52. The van der Waals surface area contributed by atoms with E-state index < -0.39 is 0 Å². The van der Waals surface area contributed by atoms with Gasteiger partial charge in [0.1, 0.15) is 5.75 Å². The van der Waals surface area contributed by atoms with Crippen LogP contribution in [0.5, 0.6) is 5.75 Å². The largest absolute Gasteiger partial charge is 0.508 e. The molecular weight excluding hydrogens is 306 g/mol. The number of hydrogen-bond donors (Lipinski definition) is 3. The number of phenolic OH excluding ortho intramolecular Hbond substituents is 1. The van der Waals surface area contributed by atoms with E-state index in [-0.39, 0.29) is 6.04 Å². The Morgan fingerprint density at radius 3 is 2.74 bits per heavy atom. The number of aromatic amines is 1.